The minimum atomic E-state index is -0.825. The van der Waals surface area contributed by atoms with Crippen LogP contribution in [0.15, 0.2) is 48.5 Å². The highest BCUT2D eigenvalue weighted by atomic mass is 19.1. The number of carbonyl (C=O) groups excluding carboxylic acids is 1. The Bertz CT molecular complexity index is 855. The molecule has 0 radical (unpaired) electrons. The zero-order valence-corrected chi connectivity index (χ0v) is 16.5. The first-order chi connectivity index (χ1) is 13.4. The Morgan fingerprint density at radius 1 is 1.04 bits per heavy atom. The van der Waals surface area contributed by atoms with Crippen LogP contribution in [-0.4, -0.2) is 34.6 Å². The van der Waals surface area contributed by atoms with E-state index in [2.05, 4.69) is 25.1 Å². The molecule has 1 heterocycles. The molecule has 1 aliphatic heterocycles. The van der Waals surface area contributed by atoms with Gasteiger partial charge in [0.2, 0.25) is 5.91 Å². The molecule has 2 aromatic carbocycles. The molecular formula is C24H28FNO2. The lowest BCUT2D eigenvalue weighted by Gasteiger charge is -2.43. The van der Waals surface area contributed by atoms with Crippen molar-refractivity contribution in [2.24, 2.45) is 5.41 Å². The Balaban J connectivity index is 1.39. The summed E-state index contributed by atoms with van der Waals surface area (Å²) < 4.78 is 13.1. The van der Waals surface area contributed by atoms with Crippen LogP contribution in [0.1, 0.15) is 42.9 Å². The molecular weight excluding hydrogens is 353 g/mol. The SMILES string of the molecule is CC1(C(=O)N2CCC(O)(Cc3ccc(F)cc3)CC2)CCc2ccccc2C1. The maximum Gasteiger partial charge on any atom is 0.228 e. The van der Waals surface area contributed by atoms with Gasteiger partial charge in [-0.3, -0.25) is 4.79 Å². The van der Waals surface area contributed by atoms with Crippen LogP contribution in [0.2, 0.25) is 0 Å². The first-order valence-electron chi connectivity index (χ1n) is 10.2. The van der Waals surface area contributed by atoms with Gasteiger partial charge in [-0.15, -0.1) is 0 Å². The number of rotatable bonds is 3. The molecule has 1 unspecified atom stereocenters. The number of likely N-dealkylation sites (tertiary alicyclic amines) is 1. The fourth-order valence-electron chi connectivity index (χ4n) is 4.74. The van der Waals surface area contributed by atoms with Gasteiger partial charge in [-0.1, -0.05) is 43.3 Å². The standard InChI is InChI=1S/C24H28FNO2/c1-23(11-10-19-4-2-3-5-20(19)17-23)22(27)26-14-12-24(28,13-15-26)16-18-6-8-21(25)9-7-18/h2-9,28H,10-17H2,1H3. The Morgan fingerprint density at radius 2 is 1.68 bits per heavy atom. The third-order valence-electron chi connectivity index (χ3n) is 6.59. The monoisotopic (exact) mass is 381 g/mol. The minimum Gasteiger partial charge on any atom is -0.389 e. The van der Waals surface area contributed by atoms with Gasteiger partial charge in [-0.2, -0.15) is 0 Å². The van der Waals surface area contributed by atoms with E-state index in [1.807, 2.05) is 11.0 Å². The number of halogens is 1. The van der Waals surface area contributed by atoms with Crippen LogP contribution < -0.4 is 0 Å². The Kier molecular flexibility index (Phi) is 5.00. The summed E-state index contributed by atoms with van der Waals surface area (Å²) in [5.41, 5.74) is 2.39. The Hall–Kier alpha value is -2.20. The second-order valence-electron chi connectivity index (χ2n) is 8.83. The summed E-state index contributed by atoms with van der Waals surface area (Å²) in [5.74, 6) is -0.0516. The molecule has 28 heavy (non-hydrogen) atoms. The zero-order valence-electron chi connectivity index (χ0n) is 16.5. The van der Waals surface area contributed by atoms with Gasteiger partial charge in [0.25, 0.3) is 0 Å². The number of carbonyl (C=O) groups is 1. The summed E-state index contributed by atoms with van der Waals surface area (Å²) in [7, 11) is 0. The van der Waals surface area contributed by atoms with Crippen molar-refractivity contribution >= 4 is 5.91 Å². The van der Waals surface area contributed by atoms with Crippen molar-refractivity contribution < 1.29 is 14.3 Å². The Morgan fingerprint density at radius 3 is 2.36 bits per heavy atom. The van der Waals surface area contributed by atoms with Crippen molar-refractivity contribution in [1.82, 2.24) is 4.90 Å². The highest BCUT2D eigenvalue weighted by Crippen LogP contribution is 2.38. The number of hydrogen-bond acceptors (Lipinski definition) is 2. The molecule has 4 rings (SSSR count). The first kappa shape index (κ1) is 19.1. The van der Waals surface area contributed by atoms with E-state index < -0.39 is 5.60 Å². The number of fused-ring (bicyclic) bond motifs is 1. The van der Waals surface area contributed by atoms with Crippen LogP contribution in [-0.2, 0) is 24.1 Å². The molecule has 1 amide bonds. The van der Waals surface area contributed by atoms with Gasteiger partial charge in [-0.05, 0) is 60.9 Å². The minimum absolute atomic E-state index is 0.214. The number of piperidine rings is 1. The maximum atomic E-state index is 13.3. The second kappa shape index (κ2) is 7.32. The molecule has 1 saturated heterocycles. The zero-order chi connectivity index (χ0) is 19.8. The van der Waals surface area contributed by atoms with E-state index in [4.69, 9.17) is 0 Å². The quantitative estimate of drug-likeness (QED) is 0.876. The molecule has 1 atom stereocenters. The van der Waals surface area contributed by atoms with Crippen LogP contribution in [0.25, 0.3) is 0 Å². The molecule has 0 aromatic heterocycles. The molecule has 1 fully saturated rings. The molecule has 3 nitrogen and oxygen atoms in total. The molecule has 0 spiro atoms. The highest BCUT2D eigenvalue weighted by Gasteiger charge is 2.42. The van der Waals surface area contributed by atoms with Crippen molar-refractivity contribution in [2.45, 2.75) is 51.0 Å². The third-order valence-corrected chi connectivity index (χ3v) is 6.59. The smallest absolute Gasteiger partial charge is 0.228 e. The largest absolute Gasteiger partial charge is 0.389 e. The van der Waals surface area contributed by atoms with Gasteiger partial charge >= 0.3 is 0 Å². The number of benzene rings is 2. The predicted molar refractivity (Wildman–Crippen MR) is 107 cm³/mol. The van der Waals surface area contributed by atoms with Crippen LogP contribution in [0, 0.1) is 11.2 Å². The molecule has 0 bridgehead atoms. The number of aryl methyl sites for hydroxylation is 1. The van der Waals surface area contributed by atoms with E-state index in [-0.39, 0.29) is 17.1 Å². The molecule has 2 aromatic rings. The summed E-state index contributed by atoms with van der Waals surface area (Å²) >= 11 is 0. The fraction of sp³-hybridized carbons (Fsp3) is 0.458. The highest BCUT2D eigenvalue weighted by molar-refractivity contribution is 5.83. The Labute approximate surface area is 166 Å². The van der Waals surface area contributed by atoms with Gasteiger partial charge in [0.1, 0.15) is 5.82 Å². The van der Waals surface area contributed by atoms with E-state index in [1.54, 1.807) is 12.1 Å². The van der Waals surface area contributed by atoms with Gasteiger partial charge in [0, 0.05) is 19.5 Å². The summed E-state index contributed by atoms with van der Waals surface area (Å²) in [5, 5.41) is 11.0. The topological polar surface area (TPSA) is 40.5 Å². The van der Waals surface area contributed by atoms with Crippen molar-refractivity contribution in [3.8, 4) is 0 Å². The van der Waals surface area contributed by atoms with Crippen molar-refractivity contribution in [3.63, 3.8) is 0 Å². The predicted octanol–water partition coefficient (Wildman–Crippen LogP) is 3.92. The van der Waals surface area contributed by atoms with Crippen LogP contribution in [0.3, 0.4) is 0 Å². The second-order valence-corrected chi connectivity index (χ2v) is 8.83. The van der Waals surface area contributed by atoms with E-state index in [9.17, 15) is 14.3 Å². The van der Waals surface area contributed by atoms with Crippen molar-refractivity contribution in [3.05, 3.63) is 71.0 Å². The number of amides is 1. The van der Waals surface area contributed by atoms with Crippen LogP contribution >= 0.6 is 0 Å². The van der Waals surface area contributed by atoms with Gasteiger partial charge in [0.15, 0.2) is 0 Å². The number of nitrogens with zero attached hydrogens (tertiary/aromatic N) is 1. The summed E-state index contributed by atoms with van der Waals surface area (Å²) in [4.78, 5) is 15.2. The maximum absolute atomic E-state index is 13.3. The van der Waals surface area contributed by atoms with E-state index >= 15 is 0 Å². The average molecular weight is 381 g/mol. The lowest BCUT2D eigenvalue weighted by molar-refractivity contribution is -0.146. The molecule has 148 valence electrons. The van der Waals surface area contributed by atoms with Gasteiger partial charge in [0.05, 0.1) is 11.0 Å². The number of hydrogen-bond donors (Lipinski definition) is 1. The van der Waals surface area contributed by atoms with Crippen molar-refractivity contribution in [2.75, 3.05) is 13.1 Å². The van der Waals surface area contributed by atoms with Gasteiger partial charge < -0.3 is 10.0 Å². The normalized spacial score (nSPS) is 23.9. The molecule has 0 saturated carbocycles. The van der Waals surface area contributed by atoms with Crippen LogP contribution in [0.4, 0.5) is 4.39 Å². The molecule has 1 N–H and O–H groups in total. The average Bonchev–Trinajstić information content (AvgIpc) is 2.69. The lowest BCUT2D eigenvalue weighted by Crippen LogP contribution is -2.52. The molecule has 4 heteroatoms. The third kappa shape index (κ3) is 3.83. The van der Waals surface area contributed by atoms with E-state index in [0.29, 0.717) is 32.4 Å². The van der Waals surface area contributed by atoms with E-state index in [0.717, 1.165) is 24.8 Å². The molecule has 2 aliphatic rings. The fourth-order valence-corrected chi connectivity index (χ4v) is 4.74. The van der Waals surface area contributed by atoms with Crippen LogP contribution in [0.5, 0.6) is 0 Å². The van der Waals surface area contributed by atoms with Gasteiger partial charge in [-0.25, -0.2) is 4.39 Å². The summed E-state index contributed by atoms with van der Waals surface area (Å²) in [6.45, 7) is 3.24. The lowest BCUT2D eigenvalue weighted by atomic mass is 9.71. The summed E-state index contributed by atoms with van der Waals surface area (Å²) in [6, 6.07) is 14.7. The van der Waals surface area contributed by atoms with Crippen molar-refractivity contribution in [1.29, 1.82) is 0 Å². The number of aliphatic hydroxyl groups is 1. The first-order valence-corrected chi connectivity index (χ1v) is 10.2. The molecule has 1 aliphatic carbocycles. The van der Waals surface area contributed by atoms with E-state index in [1.165, 1.54) is 23.3 Å². The summed E-state index contributed by atoms with van der Waals surface area (Å²) in [6.07, 6.45) is 4.23.